The highest BCUT2D eigenvalue weighted by molar-refractivity contribution is 5.79. The van der Waals surface area contributed by atoms with Gasteiger partial charge in [-0.05, 0) is 43.9 Å². The summed E-state index contributed by atoms with van der Waals surface area (Å²) in [6.45, 7) is 6.38. The molecular formula is C15H28N2O. The van der Waals surface area contributed by atoms with E-state index in [0.29, 0.717) is 11.8 Å². The third-order valence-electron chi connectivity index (χ3n) is 5.01. The summed E-state index contributed by atoms with van der Waals surface area (Å²) >= 11 is 0. The van der Waals surface area contributed by atoms with Crippen LogP contribution in [0.4, 0.5) is 0 Å². The Morgan fingerprint density at radius 3 is 2.61 bits per heavy atom. The van der Waals surface area contributed by atoms with Gasteiger partial charge >= 0.3 is 0 Å². The van der Waals surface area contributed by atoms with Crippen LogP contribution in [0.3, 0.4) is 0 Å². The average Bonchev–Trinajstić information content (AvgIpc) is 2.57. The first-order chi connectivity index (χ1) is 8.59. The predicted molar refractivity (Wildman–Crippen MR) is 74.1 cm³/mol. The number of likely N-dealkylation sites (tertiary alicyclic amines) is 1. The molecule has 2 fully saturated rings. The van der Waals surface area contributed by atoms with Gasteiger partial charge in [0.2, 0.25) is 5.91 Å². The van der Waals surface area contributed by atoms with Gasteiger partial charge in [0.15, 0.2) is 0 Å². The lowest BCUT2D eigenvalue weighted by Crippen LogP contribution is -2.46. The van der Waals surface area contributed by atoms with Gasteiger partial charge in [-0.3, -0.25) is 4.79 Å². The Bertz CT molecular complexity index is 292. The Morgan fingerprint density at radius 1 is 1.06 bits per heavy atom. The van der Waals surface area contributed by atoms with Crippen molar-refractivity contribution < 1.29 is 4.79 Å². The Labute approximate surface area is 111 Å². The van der Waals surface area contributed by atoms with E-state index in [1.165, 1.54) is 19.3 Å². The number of rotatable bonds is 1. The number of nitrogens with zero attached hydrogens (tertiary/aromatic N) is 1. The smallest absolute Gasteiger partial charge is 0.226 e. The van der Waals surface area contributed by atoms with Crippen molar-refractivity contribution in [2.45, 2.75) is 58.4 Å². The molecule has 1 aliphatic carbocycles. The maximum Gasteiger partial charge on any atom is 0.226 e. The molecule has 3 heteroatoms. The molecule has 0 aromatic carbocycles. The van der Waals surface area contributed by atoms with E-state index in [-0.39, 0.29) is 12.0 Å². The molecule has 4 unspecified atom stereocenters. The molecule has 104 valence electrons. The molecule has 1 saturated heterocycles. The molecule has 0 aromatic rings. The Balaban J connectivity index is 1.97. The van der Waals surface area contributed by atoms with Gasteiger partial charge in [-0.2, -0.15) is 0 Å². The molecule has 0 spiro atoms. The van der Waals surface area contributed by atoms with Crippen LogP contribution in [0, 0.1) is 17.8 Å². The summed E-state index contributed by atoms with van der Waals surface area (Å²) in [7, 11) is 0. The lowest BCUT2D eigenvalue weighted by Gasteiger charge is -2.36. The minimum atomic E-state index is 0.183. The number of carbonyl (C=O) groups excluding carboxylic acids is 1. The number of amides is 1. The second-order valence-electron chi connectivity index (χ2n) is 6.42. The molecule has 2 aliphatic rings. The zero-order chi connectivity index (χ0) is 13.1. The van der Waals surface area contributed by atoms with E-state index in [4.69, 9.17) is 5.73 Å². The highest BCUT2D eigenvalue weighted by Crippen LogP contribution is 2.31. The number of hydrogen-bond donors (Lipinski definition) is 1. The summed E-state index contributed by atoms with van der Waals surface area (Å²) in [6.07, 6.45) is 6.84. The van der Waals surface area contributed by atoms with Crippen LogP contribution in [-0.4, -0.2) is 29.9 Å². The molecule has 3 nitrogen and oxygen atoms in total. The van der Waals surface area contributed by atoms with Crippen LogP contribution in [0.25, 0.3) is 0 Å². The quantitative estimate of drug-likeness (QED) is 0.779. The molecule has 0 radical (unpaired) electrons. The molecule has 0 aromatic heterocycles. The lowest BCUT2D eigenvalue weighted by molar-refractivity contribution is -0.138. The van der Waals surface area contributed by atoms with Gasteiger partial charge in [0.05, 0.1) is 0 Å². The van der Waals surface area contributed by atoms with Crippen LogP contribution in [0.15, 0.2) is 0 Å². The van der Waals surface area contributed by atoms with Gasteiger partial charge in [0.25, 0.3) is 0 Å². The highest BCUT2D eigenvalue weighted by atomic mass is 16.2. The van der Waals surface area contributed by atoms with Crippen molar-refractivity contribution in [1.82, 2.24) is 4.90 Å². The SMILES string of the molecule is CC1CCCN(C(=O)C2CCCC(N)C2C)CC1. The first-order valence-electron chi connectivity index (χ1n) is 7.64. The van der Waals surface area contributed by atoms with Crippen LogP contribution in [0.2, 0.25) is 0 Å². The van der Waals surface area contributed by atoms with Crippen molar-refractivity contribution >= 4 is 5.91 Å². The second-order valence-corrected chi connectivity index (χ2v) is 6.42. The fourth-order valence-electron chi connectivity index (χ4n) is 3.46. The molecule has 2 N–H and O–H groups in total. The van der Waals surface area contributed by atoms with Crippen molar-refractivity contribution in [2.24, 2.45) is 23.5 Å². The second kappa shape index (κ2) is 6.05. The molecule has 1 heterocycles. The van der Waals surface area contributed by atoms with E-state index in [1.807, 2.05) is 0 Å². The molecule has 2 rings (SSSR count). The maximum atomic E-state index is 12.6. The summed E-state index contributed by atoms with van der Waals surface area (Å²) in [4.78, 5) is 14.8. The standard InChI is InChI=1S/C15H28N2O/c1-11-5-4-9-17(10-8-11)15(18)13-6-3-7-14(16)12(13)2/h11-14H,3-10,16H2,1-2H3. The molecule has 1 amide bonds. The first kappa shape index (κ1) is 13.9. The van der Waals surface area contributed by atoms with Crippen molar-refractivity contribution in [3.8, 4) is 0 Å². The van der Waals surface area contributed by atoms with Crippen molar-refractivity contribution in [3.05, 3.63) is 0 Å². The zero-order valence-electron chi connectivity index (χ0n) is 11.9. The van der Waals surface area contributed by atoms with Crippen LogP contribution in [-0.2, 0) is 4.79 Å². The molecule has 4 atom stereocenters. The van der Waals surface area contributed by atoms with Gasteiger partial charge < -0.3 is 10.6 Å². The van der Waals surface area contributed by atoms with Gasteiger partial charge in [0.1, 0.15) is 0 Å². The number of nitrogens with two attached hydrogens (primary N) is 1. The summed E-state index contributed by atoms with van der Waals surface area (Å²) in [5.41, 5.74) is 6.12. The van der Waals surface area contributed by atoms with Crippen molar-refractivity contribution in [3.63, 3.8) is 0 Å². The molecule has 1 aliphatic heterocycles. The highest BCUT2D eigenvalue weighted by Gasteiger charge is 2.35. The fraction of sp³-hybridized carbons (Fsp3) is 0.933. The van der Waals surface area contributed by atoms with Gasteiger partial charge in [0, 0.05) is 25.0 Å². The van der Waals surface area contributed by atoms with E-state index in [0.717, 1.165) is 38.3 Å². The Kier molecular flexibility index (Phi) is 4.66. The van der Waals surface area contributed by atoms with E-state index < -0.39 is 0 Å². The third kappa shape index (κ3) is 3.05. The minimum Gasteiger partial charge on any atom is -0.342 e. The normalized spacial score (nSPS) is 38.3. The monoisotopic (exact) mass is 252 g/mol. The predicted octanol–water partition coefficient (Wildman–Crippen LogP) is 2.40. The fourth-order valence-corrected chi connectivity index (χ4v) is 3.46. The largest absolute Gasteiger partial charge is 0.342 e. The minimum absolute atomic E-state index is 0.183. The Morgan fingerprint density at radius 2 is 1.83 bits per heavy atom. The Hall–Kier alpha value is -0.570. The number of hydrogen-bond acceptors (Lipinski definition) is 2. The molecular weight excluding hydrogens is 224 g/mol. The van der Waals surface area contributed by atoms with Crippen molar-refractivity contribution in [1.29, 1.82) is 0 Å². The van der Waals surface area contributed by atoms with E-state index >= 15 is 0 Å². The van der Waals surface area contributed by atoms with E-state index in [9.17, 15) is 4.79 Å². The molecule has 18 heavy (non-hydrogen) atoms. The van der Waals surface area contributed by atoms with Gasteiger partial charge in [-0.25, -0.2) is 0 Å². The van der Waals surface area contributed by atoms with Gasteiger partial charge in [-0.15, -0.1) is 0 Å². The maximum absolute atomic E-state index is 12.6. The summed E-state index contributed by atoms with van der Waals surface area (Å²) < 4.78 is 0. The average molecular weight is 252 g/mol. The summed E-state index contributed by atoms with van der Waals surface area (Å²) in [5, 5.41) is 0. The van der Waals surface area contributed by atoms with Crippen LogP contribution in [0.1, 0.15) is 52.4 Å². The summed E-state index contributed by atoms with van der Waals surface area (Å²) in [5.74, 6) is 1.69. The van der Waals surface area contributed by atoms with Crippen LogP contribution in [0.5, 0.6) is 0 Å². The van der Waals surface area contributed by atoms with E-state index in [2.05, 4.69) is 18.7 Å². The summed E-state index contributed by atoms with van der Waals surface area (Å²) in [6, 6.07) is 0.221. The molecule has 1 saturated carbocycles. The number of carbonyl (C=O) groups is 1. The third-order valence-corrected chi connectivity index (χ3v) is 5.01. The van der Waals surface area contributed by atoms with Crippen LogP contribution < -0.4 is 5.73 Å². The van der Waals surface area contributed by atoms with Gasteiger partial charge in [-0.1, -0.05) is 20.3 Å². The zero-order valence-corrected chi connectivity index (χ0v) is 11.9. The molecule has 0 bridgehead atoms. The lowest BCUT2D eigenvalue weighted by atomic mass is 9.76. The van der Waals surface area contributed by atoms with E-state index in [1.54, 1.807) is 0 Å². The first-order valence-corrected chi connectivity index (χ1v) is 7.64. The van der Waals surface area contributed by atoms with Crippen molar-refractivity contribution in [2.75, 3.05) is 13.1 Å². The topological polar surface area (TPSA) is 46.3 Å². The van der Waals surface area contributed by atoms with Crippen LogP contribution >= 0.6 is 0 Å².